The van der Waals surface area contributed by atoms with Gasteiger partial charge in [0.2, 0.25) is 0 Å². The van der Waals surface area contributed by atoms with Gasteiger partial charge in [0.05, 0.1) is 18.5 Å². The summed E-state index contributed by atoms with van der Waals surface area (Å²) >= 11 is 0. The van der Waals surface area contributed by atoms with Gasteiger partial charge in [0.1, 0.15) is 11.9 Å². The van der Waals surface area contributed by atoms with Gasteiger partial charge in [-0.15, -0.1) is 5.10 Å². The molecule has 4 rings (SSSR count). The number of aryl methyl sites for hydroxylation is 1. The van der Waals surface area contributed by atoms with Crippen molar-refractivity contribution in [3.8, 4) is 5.75 Å². The number of ether oxygens (including phenoxy) is 2. The van der Waals surface area contributed by atoms with E-state index < -0.39 is 0 Å². The van der Waals surface area contributed by atoms with E-state index in [-0.39, 0.29) is 11.7 Å². The van der Waals surface area contributed by atoms with E-state index in [1.807, 2.05) is 25.1 Å². The van der Waals surface area contributed by atoms with Gasteiger partial charge in [-0.2, -0.15) is 4.52 Å². The summed E-state index contributed by atoms with van der Waals surface area (Å²) in [5.41, 5.74) is 2.29. The number of pyridine rings is 1. The lowest BCUT2D eigenvalue weighted by atomic mass is 10.1. The Morgan fingerprint density at radius 3 is 2.71 bits per heavy atom. The minimum atomic E-state index is -0.172. The SMILES string of the molecule is COCc1ccc(OC2CCN(c3nn4c(=O)ccnc4cc3C)CC2)cn1. The van der Waals surface area contributed by atoms with Crippen LogP contribution in [0.1, 0.15) is 24.1 Å². The Bertz CT molecular complexity index is 1010. The highest BCUT2D eigenvalue weighted by Crippen LogP contribution is 2.24. The van der Waals surface area contributed by atoms with Crippen molar-refractivity contribution in [2.45, 2.75) is 32.5 Å². The summed E-state index contributed by atoms with van der Waals surface area (Å²) in [6.07, 6.45) is 5.14. The summed E-state index contributed by atoms with van der Waals surface area (Å²) in [5, 5.41) is 4.54. The molecule has 0 radical (unpaired) electrons. The molecule has 0 aliphatic carbocycles. The van der Waals surface area contributed by atoms with E-state index in [0.29, 0.717) is 12.3 Å². The zero-order valence-electron chi connectivity index (χ0n) is 16.0. The van der Waals surface area contributed by atoms with Crippen molar-refractivity contribution in [3.05, 3.63) is 58.3 Å². The van der Waals surface area contributed by atoms with Crippen LogP contribution in [0.5, 0.6) is 5.75 Å². The number of nitrogens with zero attached hydrogens (tertiary/aromatic N) is 5. The third-order valence-corrected chi connectivity index (χ3v) is 4.88. The average Bonchev–Trinajstić information content (AvgIpc) is 2.70. The van der Waals surface area contributed by atoms with E-state index in [4.69, 9.17) is 9.47 Å². The normalized spacial score (nSPS) is 15.1. The maximum absolute atomic E-state index is 12.1. The zero-order chi connectivity index (χ0) is 19.5. The number of rotatable bonds is 5. The highest BCUT2D eigenvalue weighted by molar-refractivity contribution is 5.52. The second kappa shape index (κ2) is 7.93. The number of fused-ring (bicyclic) bond motifs is 1. The third kappa shape index (κ3) is 3.82. The van der Waals surface area contributed by atoms with E-state index in [0.717, 1.165) is 48.8 Å². The molecule has 146 valence electrons. The lowest BCUT2D eigenvalue weighted by Crippen LogP contribution is -2.39. The molecule has 0 unspecified atom stereocenters. The van der Waals surface area contributed by atoms with Crippen molar-refractivity contribution in [3.63, 3.8) is 0 Å². The van der Waals surface area contributed by atoms with Crippen molar-refractivity contribution in [1.29, 1.82) is 0 Å². The van der Waals surface area contributed by atoms with Crippen molar-refractivity contribution >= 4 is 11.5 Å². The van der Waals surface area contributed by atoms with Gasteiger partial charge in [0, 0.05) is 45.3 Å². The van der Waals surface area contributed by atoms with Crippen LogP contribution in [0.4, 0.5) is 5.82 Å². The van der Waals surface area contributed by atoms with Gasteiger partial charge in [-0.05, 0) is 30.7 Å². The molecule has 4 heterocycles. The smallest absolute Gasteiger partial charge is 0.274 e. The van der Waals surface area contributed by atoms with Gasteiger partial charge in [-0.3, -0.25) is 9.78 Å². The Balaban J connectivity index is 1.42. The molecule has 1 aliphatic rings. The third-order valence-electron chi connectivity index (χ3n) is 4.88. The summed E-state index contributed by atoms with van der Waals surface area (Å²) < 4.78 is 12.5. The Kier molecular flexibility index (Phi) is 5.21. The van der Waals surface area contributed by atoms with E-state index in [1.54, 1.807) is 13.3 Å². The molecule has 0 N–H and O–H groups in total. The highest BCUT2D eigenvalue weighted by Gasteiger charge is 2.23. The molecular formula is C20H23N5O3. The number of methoxy groups -OCH3 is 1. The molecule has 1 saturated heterocycles. The van der Waals surface area contributed by atoms with Crippen molar-refractivity contribution in [2.75, 3.05) is 25.1 Å². The summed E-state index contributed by atoms with van der Waals surface area (Å²) in [6.45, 7) is 4.12. The van der Waals surface area contributed by atoms with Gasteiger partial charge in [0.25, 0.3) is 5.56 Å². The molecule has 0 aromatic carbocycles. The van der Waals surface area contributed by atoms with Gasteiger partial charge >= 0.3 is 0 Å². The molecular weight excluding hydrogens is 358 g/mol. The molecule has 3 aromatic rings. The first-order chi connectivity index (χ1) is 13.6. The first-order valence-electron chi connectivity index (χ1n) is 9.35. The fraction of sp³-hybridized carbons (Fsp3) is 0.400. The van der Waals surface area contributed by atoms with Crippen molar-refractivity contribution < 1.29 is 9.47 Å². The average molecular weight is 381 g/mol. The monoisotopic (exact) mass is 381 g/mol. The van der Waals surface area contributed by atoms with E-state index in [9.17, 15) is 4.79 Å². The van der Waals surface area contributed by atoms with E-state index >= 15 is 0 Å². The van der Waals surface area contributed by atoms with Crippen LogP contribution < -0.4 is 15.2 Å². The molecule has 8 heteroatoms. The molecule has 1 aliphatic heterocycles. The zero-order valence-corrected chi connectivity index (χ0v) is 16.0. The summed E-state index contributed by atoms with van der Waals surface area (Å²) in [6, 6.07) is 7.18. The fourth-order valence-corrected chi connectivity index (χ4v) is 3.45. The van der Waals surface area contributed by atoms with Gasteiger partial charge < -0.3 is 14.4 Å². The number of anilines is 1. The Morgan fingerprint density at radius 2 is 2.00 bits per heavy atom. The lowest BCUT2D eigenvalue weighted by Gasteiger charge is -2.33. The summed E-state index contributed by atoms with van der Waals surface area (Å²) in [5.74, 6) is 1.60. The van der Waals surface area contributed by atoms with Crippen LogP contribution in [0.3, 0.4) is 0 Å². The maximum Gasteiger partial charge on any atom is 0.274 e. The van der Waals surface area contributed by atoms with Crippen LogP contribution in [0.2, 0.25) is 0 Å². The van der Waals surface area contributed by atoms with Crippen molar-refractivity contribution in [1.82, 2.24) is 19.6 Å². The van der Waals surface area contributed by atoms with Gasteiger partial charge in [0.15, 0.2) is 11.5 Å². The van der Waals surface area contributed by atoms with E-state index in [1.165, 1.54) is 16.8 Å². The van der Waals surface area contributed by atoms with Crippen LogP contribution >= 0.6 is 0 Å². The predicted molar refractivity (Wildman–Crippen MR) is 105 cm³/mol. The van der Waals surface area contributed by atoms with Crippen LogP contribution in [0, 0.1) is 6.92 Å². The Morgan fingerprint density at radius 1 is 1.18 bits per heavy atom. The topological polar surface area (TPSA) is 81.9 Å². The van der Waals surface area contributed by atoms with Crippen LogP contribution in [0.15, 0.2) is 41.5 Å². The predicted octanol–water partition coefficient (Wildman–Crippen LogP) is 1.99. The van der Waals surface area contributed by atoms with Gasteiger partial charge in [-0.1, -0.05) is 0 Å². The minimum Gasteiger partial charge on any atom is -0.489 e. The first-order valence-corrected chi connectivity index (χ1v) is 9.35. The molecule has 28 heavy (non-hydrogen) atoms. The van der Waals surface area contributed by atoms with Crippen LogP contribution in [-0.4, -0.2) is 45.9 Å². The molecule has 3 aromatic heterocycles. The molecule has 1 fully saturated rings. The van der Waals surface area contributed by atoms with Gasteiger partial charge in [-0.25, -0.2) is 4.98 Å². The molecule has 0 amide bonds. The maximum atomic E-state index is 12.1. The standard InChI is InChI=1S/C20H23N5O3/c1-14-11-18-21-8-5-19(26)25(18)23-20(14)24-9-6-16(7-10-24)28-17-4-3-15(13-27-2)22-12-17/h3-5,8,11-12,16H,6-7,9-10,13H2,1-2H3. The number of hydrogen-bond donors (Lipinski definition) is 0. The molecule has 0 saturated carbocycles. The second-order valence-corrected chi connectivity index (χ2v) is 6.93. The fourth-order valence-electron chi connectivity index (χ4n) is 3.45. The molecule has 8 nitrogen and oxygen atoms in total. The molecule has 0 atom stereocenters. The largest absolute Gasteiger partial charge is 0.489 e. The minimum absolute atomic E-state index is 0.136. The van der Waals surface area contributed by atoms with Crippen LogP contribution in [0.25, 0.3) is 5.65 Å². The quantitative estimate of drug-likeness (QED) is 0.668. The first kappa shape index (κ1) is 18.4. The Hall–Kier alpha value is -3.00. The summed E-state index contributed by atoms with van der Waals surface area (Å²) in [4.78, 5) is 22.8. The second-order valence-electron chi connectivity index (χ2n) is 6.93. The van der Waals surface area contributed by atoms with Crippen molar-refractivity contribution in [2.24, 2.45) is 0 Å². The number of piperidine rings is 1. The lowest BCUT2D eigenvalue weighted by molar-refractivity contribution is 0.168. The molecule has 0 bridgehead atoms. The van der Waals surface area contributed by atoms with E-state index in [2.05, 4.69) is 20.0 Å². The number of aromatic nitrogens is 4. The molecule has 0 spiro atoms. The number of hydrogen-bond acceptors (Lipinski definition) is 7. The highest BCUT2D eigenvalue weighted by atomic mass is 16.5. The Labute approximate surface area is 162 Å². The van der Waals surface area contributed by atoms with Crippen LogP contribution in [-0.2, 0) is 11.3 Å². The summed E-state index contributed by atoms with van der Waals surface area (Å²) in [7, 11) is 1.65.